The number of halogens is 1. The molecule has 0 heterocycles. The fourth-order valence-corrected chi connectivity index (χ4v) is 1.89. The van der Waals surface area contributed by atoms with Crippen molar-refractivity contribution in [1.82, 2.24) is 0 Å². The van der Waals surface area contributed by atoms with E-state index in [9.17, 15) is 4.79 Å². The van der Waals surface area contributed by atoms with Gasteiger partial charge in [0, 0.05) is 12.1 Å². The lowest BCUT2D eigenvalue weighted by Gasteiger charge is -2.19. The predicted molar refractivity (Wildman–Crippen MR) is 83.5 cm³/mol. The minimum absolute atomic E-state index is 0.0240. The Morgan fingerprint density at radius 2 is 1.38 bits per heavy atom. The molecular weight excluding hydrogens is 292 g/mol. The molecule has 0 aliphatic carbocycles. The first-order valence-electron chi connectivity index (χ1n) is 7.08. The van der Waals surface area contributed by atoms with E-state index in [1.807, 2.05) is 27.7 Å². The van der Waals surface area contributed by atoms with Crippen LogP contribution in [0.5, 0.6) is 11.5 Å². The summed E-state index contributed by atoms with van der Waals surface area (Å²) in [7, 11) is 0. The van der Waals surface area contributed by atoms with Crippen LogP contribution in [0.1, 0.15) is 51.9 Å². The Morgan fingerprint density at radius 3 is 1.81 bits per heavy atom. The van der Waals surface area contributed by atoms with Gasteiger partial charge < -0.3 is 14.2 Å². The summed E-state index contributed by atoms with van der Waals surface area (Å²) in [6, 6.07) is 3.17. The third-order valence-corrected chi connectivity index (χ3v) is 2.63. The molecule has 1 aromatic carbocycles. The van der Waals surface area contributed by atoms with Crippen LogP contribution in [-0.2, 0) is 4.74 Å². The average Bonchev–Trinajstić information content (AvgIpc) is 2.30. The highest BCUT2D eigenvalue weighted by atomic mass is 35.5. The zero-order chi connectivity index (χ0) is 16.2. The maximum atomic E-state index is 12.0. The van der Waals surface area contributed by atoms with Crippen molar-refractivity contribution in [1.29, 1.82) is 0 Å². The molecule has 1 rings (SSSR count). The first-order valence-corrected chi connectivity index (χ1v) is 7.46. The lowest BCUT2D eigenvalue weighted by atomic mass is 10.2. The lowest BCUT2D eigenvalue weighted by molar-refractivity contribution is 0.0377. The smallest absolute Gasteiger partial charge is 0.340 e. The number of hydrogen-bond acceptors (Lipinski definition) is 4. The Balaban J connectivity index is 3.19. The number of carbonyl (C=O) groups is 1. The molecule has 4 nitrogen and oxygen atoms in total. The van der Waals surface area contributed by atoms with Gasteiger partial charge in [-0.15, -0.1) is 0 Å². The maximum absolute atomic E-state index is 12.0. The Hall–Kier alpha value is -1.42. The molecule has 0 fully saturated rings. The molecule has 0 spiro atoms. The number of hydrogen-bond donors (Lipinski definition) is 0. The molecule has 0 saturated carbocycles. The zero-order valence-corrected chi connectivity index (χ0v) is 14.2. The molecule has 21 heavy (non-hydrogen) atoms. The van der Waals surface area contributed by atoms with Crippen molar-refractivity contribution < 1.29 is 19.0 Å². The summed E-state index contributed by atoms with van der Waals surface area (Å²) in [5, 5.41) is 0.285. The molecule has 1 aromatic rings. The van der Waals surface area contributed by atoms with Gasteiger partial charge in [-0.2, -0.15) is 0 Å². The summed E-state index contributed by atoms with van der Waals surface area (Å²) in [5.41, 5.74) is 0.275. The molecule has 0 bridgehead atoms. The minimum atomic E-state index is -0.472. The minimum Gasteiger partial charge on any atom is -0.487 e. The second kappa shape index (κ2) is 7.55. The topological polar surface area (TPSA) is 44.8 Å². The number of esters is 1. The molecule has 0 unspecified atom stereocenters. The van der Waals surface area contributed by atoms with E-state index >= 15 is 0 Å². The van der Waals surface area contributed by atoms with Gasteiger partial charge in [-0.05, 0) is 41.5 Å². The van der Waals surface area contributed by atoms with Crippen LogP contribution in [-0.4, -0.2) is 24.3 Å². The summed E-state index contributed by atoms with van der Waals surface area (Å²) >= 11 is 6.16. The van der Waals surface area contributed by atoms with E-state index in [0.717, 1.165) is 0 Å². The molecule has 0 radical (unpaired) electrons. The van der Waals surface area contributed by atoms with Gasteiger partial charge in [0.05, 0.1) is 28.9 Å². The largest absolute Gasteiger partial charge is 0.487 e. The standard InChI is InChI=1S/C16H23ClO4/c1-9(2)19-14-7-12(16(18)21-11(5)6)13(17)8-15(14)20-10(3)4/h7-11H,1-6H3. The predicted octanol–water partition coefficient (Wildman–Crippen LogP) is 4.48. The average molecular weight is 315 g/mol. The Kier molecular flexibility index (Phi) is 6.34. The Labute approximate surface area is 131 Å². The van der Waals surface area contributed by atoms with Crippen molar-refractivity contribution in [2.24, 2.45) is 0 Å². The van der Waals surface area contributed by atoms with E-state index in [4.69, 9.17) is 25.8 Å². The molecule has 0 aliphatic rings. The van der Waals surface area contributed by atoms with Crippen molar-refractivity contribution in [3.8, 4) is 11.5 Å². The summed E-state index contributed by atoms with van der Waals surface area (Å²) < 4.78 is 16.6. The number of benzene rings is 1. The quantitative estimate of drug-likeness (QED) is 0.726. The highest BCUT2D eigenvalue weighted by Crippen LogP contribution is 2.35. The molecule has 0 aliphatic heterocycles. The zero-order valence-electron chi connectivity index (χ0n) is 13.4. The SMILES string of the molecule is CC(C)OC(=O)c1cc(OC(C)C)c(OC(C)C)cc1Cl. The number of carbonyl (C=O) groups excluding carboxylic acids is 1. The van der Waals surface area contributed by atoms with Gasteiger partial charge in [0.15, 0.2) is 11.5 Å². The number of rotatable bonds is 6. The van der Waals surface area contributed by atoms with Crippen LogP contribution in [0.2, 0.25) is 5.02 Å². The third kappa shape index (κ3) is 5.46. The Bertz CT molecular complexity index is 495. The second-order valence-electron chi connectivity index (χ2n) is 5.57. The molecule has 118 valence electrons. The van der Waals surface area contributed by atoms with Crippen LogP contribution >= 0.6 is 11.6 Å². The van der Waals surface area contributed by atoms with E-state index in [-0.39, 0.29) is 28.9 Å². The fraction of sp³-hybridized carbons (Fsp3) is 0.562. The van der Waals surface area contributed by atoms with E-state index < -0.39 is 5.97 Å². The monoisotopic (exact) mass is 314 g/mol. The molecule has 0 amide bonds. The van der Waals surface area contributed by atoms with Gasteiger partial charge in [0.25, 0.3) is 0 Å². The normalized spacial score (nSPS) is 11.1. The first-order chi connectivity index (χ1) is 9.70. The van der Waals surface area contributed by atoms with Crippen molar-refractivity contribution in [2.75, 3.05) is 0 Å². The molecule has 0 saturated heterocycles. The van der Waals surface area contributed by atoms with Crippen LogP contribution in [0.25, 0.3) is 0 Å². The van der Waals surface area contributed by atoms with Gasteiger partial charge in [0.2, 0.25) is 0 Å². The van der Waals surface area contributed by atoms with Crippen LogP contribution < -0.4 is 9.47 Å². The summed E-state index contributed by atoms with van der Waals surface area (Å²) in [6.07, 6.45) is -0.284. The van der Waals surface area contributed by atoms with Gasteiger partial charge in [-0.1, -0.05) is 11.6 Å². The van der Waals surface area contributed by atoms with E-state index in [1.165, 1.54) is 0 Å². The third-order valence-electron chi connectivity index (χ3n) is 2.32. The van der Waals surface area contributed by atoms with Crippen molar-refractivity contribution in [3.63, 3.8) is 0 Å². The summed E-state index contributed by atoms with van der Waals surface area (Å²) in [4.78, 5) is 12.0. The molecule has 0 aromatic heterocycles. The van der Waals surface area contributed by atoms with Gasteiger partial charge in [0.1, 0.15) is 0 Å². The highest BCUT2D eigenvalue weighted by Gasteiger charge is 2.19. The van der Waals surface area contributed by atoms with Crippen LogP contribution in [0.3, 0.4) is 0 Å². The van der Waals surface area contributed by atoms with E-state index in [0.29, 0.717) is 11.5 Å². The Morgan fingerprint density at radius 1 is 0.905 bits per heavy atom. The number of ether oxygens (including phenoxy) is 3. The maximum Gasteiger partial charge on any atom is 0.340 e. The van der Waals surface area contributed by atoms with Crippen LogP contribution in [0.15, 0.2) is 12.1 Å². The van der Waals surface area contributed by atoms with E-state index in [1.54, 1.807) is 26.0 Å². The van der Waals surface area contributed by atoms with Gasteiger partial charge >= 0.3 is 5.97 Å². The molecule has 0 N–H and O–H groups in total. The molecule has 0 atom stereocenters. The fourth-order valence-electron chi connectivity index (χ4n) is 1.66. The second-order valence-corrected chi connectivity index (χ2v) is 5.97. The van der Waals surface area contributed by atoms with E-state index in [2.05, 4.69) is 0 Å². The van der Waals surface area contributed by atoms with Crippen molar-refractivity contribution in [3.05, 3.63) is 22.7 Å². The van der Waals surface area contributed by atoms with Crippen LogP contribution in [0.4, 0.5) is 0 Å². The highest BCUT2D eigenvalue weighted by molar-refractivity contribution is 6.33. The first kappa shape index (κ1) is 17.6. The van der Waals surface area contributed by atoms with Crippen molar-refractivity contribution >= 4 is 17.6 Å². The lowest BCUT2D eigenvalue weighted by Crippen LogP contribution is -2.14. The van der Waals surface area contributed by atoms with Crippen LogP contribution in [0, 0.1) is 0 Å². The van der Waals surface area contributed by atoms with Gasteiger partial charge in [-0.25, -0.2) is 4.79 Å². The van der Waals surface area contributed by atoms with Crippen molar-refractivity contribution in [2.45, 2.75) is 59.9 Å². The molecular formula is C16H23ClO4. The summed E-state index contributed by atoms with van der Waals surface area (Å²) in [6.45, 7) is 11.2. The van der Waals surface area contributed by atoms with Gasteiger partial charge in [-0.3, -0.25) is 0 Å². The summed E-state index contributed by atoms with van der Waals surface area (Å²) in [5.74, 6) is 0.531. The molecule has 5 heteroatoms.